The van der Waals surface area contributed by atoms with Crippen molar-refractivity contribution < 1.29 is 82.7 Å². The fourth-order valence-electron chi connectivity index (χ4n) is 6.64. The summed E-state index contributed by atoms with van der Waals surface area (Å²) in [4.78, 5) is 149. The zero-order valence-corrected chi connectivity index (χ0v) is 40.9. The van der Waals surface area contributed by atoms with E-state index in [1.165, 1.54) is 21.6 Å². The number of amides is 6. The lowest BCUT2D eigenvalue weighted by Crippen LogP contribution is -2.53. The summed E-state index contributed by atoms with van der Waals surface area (Å²) in [7, 11) is 2.62. The van der Waals surface area contributed by atoms with Gasteiger partial charge in [0, 0.05) is 62.6 Å². The minimum atomic E-state index is -1.62. The molecule has 0 fully saturated rings. The first-order valence-electron chi connectivity index (χ1n) is 22.5. The average molecular weight is 1050 g/mol. The fraction of sp³-hybridized carbons (Fsp3) is 0.478. The Hall–Kier alpha value is -7.06. The number of carboxylic acids is 4. The van der Waals surface area contributed by atoms with E-state index in [4.69, 9.17) is 10.8 Å². The van der Waals surface area contributed by atoms with Crippen LogP contribution in [0.2, 0.25) is 0 Å². The normalized spacial score (nSPS) is 13.7. The monoisotopic (exact) mass is 1050 g/mol. The molecule has 2 aromatic carbocycles. The van der Waals surface area contributed by atoms with Crippen LogP contribution >= 0.6 is 21.6 Å². The number of hydrogen-bond donors (Lipinski definition) is 11. The van der Waals surface area contributed by atoms with E-state index < -0.39 is 152 Å². The van der Waals surface area contributed by atoms with Gasteiger partial charge in [0.25, 0.3) is 6.47 Å². The van der Waals surface area contributed by atoms with Gasteiger partial charge in [0.15, 0.2) is 17.8 Å². The van der Waals surface area contributed by atoms with Crippen LogP contribution in [0.15, 0.2) is 60.7 Å². The lowest BCUT2D eigenvalue weighted by atomic mass is 9.89. The first-order chi connectivity index (χ1) is 34.2. The number of nitrogens with one attached hydrogen (secondary N) is 6. The highest BCUT2D eigenvalue weighted by atomic mass is 33.1. The van der Waals surface area contributed by atoms with Crippen molar-refractivity contribution in [1.29, 1.82) is 0 Å². The molecule has 0 unspecified atom stereocenters. The predicted molar refractivity (Wildman–Crippen MR) is 260 cm³/mol. The molecular weight excluding hydrogens is 987 g/mol. The van der Waals surface area contributed by atoms with Crippen molar-refractivity contribution in [1.82, 2.24) is 31.9 Å². The van der Waals surface area contributed by atoms with Gasteiger partial charge in [-0.2, -0.15) is 0 Å². The standard InChI is InChI=1S/C46H61N7O17S2/c1-2-71-72-25-30(44(65)66)22-36(56)34(23-41(61)62)51-43(64)31(47)24-49-42(63)29(19-27-9-5-3-6-10-27)21-35(55)33(20-28-11-7-4-8-12-28)50-38(58)17-18-48-37(57)14-13-32(45(67)68)52-46(69)53-39(70-26-54)15-16-40(59)60/h3-12,26,29-34,39H,2,13-25,47H2,1H3,(H,48,57)(H,49,63)(H,50,58)(H,51,64)(H,59,60)(H,61,62)(H,65,66)(H,67,68)(H2,52,53,69)/t29-,30-,31+,32+,33+,34+,39-/m1/s1. The van der Waals surface area contributed by atoms with Crippen LogP contribution in [0.4, 0.5) is 4.79 Å². The van der Waals surface area contributed by atoms with Gasteiger partial charge in [-0.15, -0.1) is 0 Å². The summed E-state index contributed by atoms with van der Waals surface area (Å²) in [6.45, 7) is 1.06. The lowest BCUT2D eigenvalue weighted by molar-refractivity contribution is -0.144. The Labute approximate surface area is 421 Å². The number of ketones is 2. The number of aliphatic carboxylic acids is 4. The summed E-state index contributed by atoms with van der Waals surface area (Å²) < 4.78 is 4.60. The second-order valence-electron chi connectivity index (χ2n) is 16.1. The Morgan fingerprint density at radius 1 is 0.611 bits per heavy atom. The van der Waals surface area contributed by atoms with Crippen LogP contribution in [0, 0.1) is 11.8 Å². The van der Waals surface area contributed by atoms with Crippen molar-refractivity contribution in [3.8, 4) is 0 Å². The summed E-state index contributed by atoms with van der Waals surface area (Å²) in [5.74, 6) is -11.4. The largest absolute Gasteiger partial charge is 0.481 e. The van der Waals surface area contributed by atoms with Crippen LogP contribution in [0.1, 0.15) is 69.4 Å². The highest BCUT2D eigenvalue weighted by Crippen LogP contribution is 2.25. The van der Waals surface area contributed by atoms with Crippen LogP contribution in [0.5, 0.6) is 0 Å². The van der Waals surface area contributed by atoms with Gasteiger partial charge in [-0.25, -0.2) is 9.59 Å². The highest BCUT2D eigenvalue weighted by molar-refractivity contribution is 8.76. The molecule has 0 aromatic heterocycles. The smallest absolute Gasteiger partial charge is 0.326 e. The quantitative estimate of drug-likeness (QED) is 0.0189. The molecule has 0 radical (unpaired) electrons. The Morgan fingerprint density at radius 2 is 1.22 bits per heavy atom. The second-order valence-corrected chi connectivity index (χ2v) is 18.9. The molecule has 0 aliphatic heterocycles. The zero-order valence-electron chi connectivity index (χ0n) is 39.3. The number of benzene rings is 2. The molecule has 7 atom stereocenters. The van der Waals surface area contributed by atoms with Crippen molar-refractivity contribution in [2.75, 3.05) is 24.6 Å². The van der Waals surface area contributed by atoms with Gasteiger partial charge in [0.1, 0.15) is 12.1 Å². The summed E-state index contributed by atoms with van der Waals surface area (Å²) in [5.41, 5.74) is 7.39. The maximum absolute atomic E-state index is 14.1. The van der Waals surface area contributed by atoms with Gasteiger partial charge in [0.05, 0.1) is 30.8 Å². The maximum atomic E-state index is 14.1. The predicted octanol–water partition coefficient (Wildman–Crippen LogP) is 0.399. The summed E-state index contributed by atoms with van der Waals surface area (Å²) in [6.07, 6.45) is -5.16. The molecule has 24 nitrogen and oxygen atoms in total. The van der Waals surface area contributed by atoms with Crippen molar-refractivity contribution in [2.45, 2.75) is 102 Å². The lowest BCUT2D eigenvalue weighted by Gasteiger charge is -2.23. The van der Waals surface area contributed by atoms with E-state index in [0.717, 1.165) is 0 Å². The van der Waals surface area contributed by atoms with Crippen molar-refractivity contribution in [2.24, 2.45) is 17.6 Å². The molecule has 0 saturated heterocycles. The maximum Gasteiger partial charge on any atom is 0.326 e. The molecule has 26 heteroatoms. The number of carboxylic acid groups (broad SMARTS) is 4. The molecular formula is C46H61N7O17S2. The number of nitrogens with two attached hydrogens (primary N) is 1. The van der Waals surface area contributed by atoms with Gasteiger partial charge in [-0.3, -0.25) is 47.9 Å². The van der Waals surface area contributed by atoms with E-state index in [9.17, 15) is 72.9 Å². The van der Waals surface area contributed by atoms with E-state index in [1.807, 2.05) is 6.92 Å². The Balaban J connectivity index is 2.12. The topological polar surface area (TPSA) is 393 Å². The number of Topliss-reactive ketones (excluding diaryl/α,β-unsaturated/α-hetero) is 2. The number of carbonyl (C=O) groups excluding carboxylic acids is 8. The summed E-state index contributed by atoms with van der Waals surface area (Å²) in [5, 5.41) is 51.6. The fourth-order valence-corrected chi connectivity index (χ4v) is 8.61. The molecule has 0 bridgehead atoms. The van der Waals surface area contributed by atoms with Gasteiger partial charge in [-0.05, 0) is 30.4 Å². The first kappa shape index (κ1) is 61.1. The average Bonchev–Trinajstić information content (AvgIpc) is 3.32. The van der Waals surface area contributed by atoms with Crippen LogP contribution in [0.3, 0.4) is 0 Å². The van der Waals surface area contributed by atoms with Crippen LogP contribution in [-0.4, -0.2) is 147 Å². The summed E-state index contributed by atoms with van der Waals surface area (Å²) in [6, 6.07) is 10.2. The molecule has 0 heterocycles. The molecule has 0 aliphatic rings. The summed E-state index contributed by atoms with van der Waals surface area (Å²) >= 11 is 0. The third-order valence-corrected chi connectivity index (χ3v) is 13.0. The van der Waals surface area contributed by atoms with E-state index >= 15 is 0 Å². The van der Waals surface area contributed by atoms with Crippen molar-refractivity contribution in [3.63, 3.8) is 0 Å². The van der Waals surface area contributed by atoms with Crippen LogP contribution in [-0.2, 0) is 70.3 Å². The SMILES string of the molecule is CCSSC[C@@H](CC(=O)[C@H](CC(=O)O)NC(=O)[C@@H](N)CNC(=O)[C@@H](CC(=O)[C@H](Cc1ccccc1)NC(=O)CCNC(=O)CC[C@H](NC(=O)N[C@@H](CCC(=O)O)OC=O)C(=O)O)Cc1ccccc1)C(=O)O. The van der Waals surface area contributed by atoms with E-state index in [-0.39, 0.29) is 44.5 Å². The molecule has 2 aromatic rings. The number of hydrogen-bond acceptors (Lipinski definition) is 16. The van der Waals surface area contributed by atoms with E-state index in [2.05, 4.69) is 36.6 Å². The molecule has 0 spiro atoms. The molecule has 12 N–H and O–H groups in total. The van der Waals surface area contributed by atoms with Crippen molar-refractivity contribution >= 4 is 93.2 Å². The molecule has 0 aliphatic carbocycles. The highest BCUT2D eigenvalue weighted by Gasteiger charge is 2.32. The first-order valence-corrected chi connectivity index (χ1v) is 25.0. The van der Waals surface area contributed by atoms with Gasteiger partial charge in [0.2, 0.25) is 23.6 Å². The number of ether oxygens (including phenoxy) is 1. The van der Waals surface area contributed by atoms with E-state index in [0.29, 0.717) is 16.9 Å². The minimum absolute atomic E-state index is 0.00120. The Bertz CT molecular complexity index is 2170. The van der Waals surface area contributed by atoms with Gasteiger partial charge in [-0.1, -0.05) is 89.2 Å². The van der Waals surface area contributed by atoms with Crippen LogP contribution < -0.4 is 37.6 Å². The number of rotatable bonds is 37. The third kappa shape index (κ3) is 25.2. The Kier molecular flexibility index (Phi) is 28.4. The van der Waals surface area contributed by atoms with Gasteiger partial charge < -0.3 is 62.8 Å². The number of urea groups is 1. The minimum Gasteiger partial charge on any atom is -0.481 e. The van der Waals surface area contributed by atoms with E-state index in [1.54, 1.807) is 60.7 Å². The van der Waals surface area contributed by atoms with Gasteiger partial charge >= 0.3 is 29.9 Å². The Morgan fingerprint density at radius 3 is 1.79 bits per heavy atom. The molecule has 394 valence electrons. The van der Waals surface area contributed by atoms with Crippen LogP contribution in [0.25, 0.3) is 0 Å². The second kappa shape index (κ2) is 33.5. The molecule has 72 heavy (non-hydrogen) atoms. The third-order valence-electron chi connectivity index (χ3n) is 10.4. The molecule has 0 saturated carbocycles. The van der Waals surface area contributed by atoms with Crippen molar-refractivity contribution in [3.05, 3.63) is 71.8 Å². The zero-order chi connectivity index (χ0) is 53.6. The molecule has 2 rings (SSSR count). The molecule has 6 amide bonds. The number of carbonyl (C=O) groups is 12.